The fourth-order valence-electron chi connectivity index (χ4n) is 1.85. The molecule has 1 rings (SSSR count). The Bertz CT molecular complexity index is 493. The van der Waals surface area contributed by atoms with Gasteiger partial charge in [0.2, 0.25) is 0 Å². The van der Waals surface area contributed by atoms with Gasteiger partial charge in [0.05, 0.1) is 5.56 Å². The van der Waals surface area contributed by atoms with Crippen molar-refractivity contribution in [1.82, 2.24) is 5.32 Å². The molecule has 0 bridgehead atoms. The Hall–Kier alpha value is -1.62. The molecular formula is C15H21NO3S. The van der Waals surface area contributed by atoms with Crippen LogP contribution in [0.5, 0.6) is 0 Å². The van der Waals surface area contributed by atoms with Crippen molar-refractivity contribution < 1.29 is 14.7 Å². The van der Waals surface area contributed by atoms with E-state index in [1.807, 2.05) is 6.92 Å². The topological polar surface area (TPSA) is 66.4 Å². The molecule has 0 aliphatic carbocycles. The van der Waals surface area contributed by atoms with E-state index in [1.54, 1.807) is 11.4 Å². The molecule has 1 heterocycles. The van der Waals surface area contributed by atoms with Crippen molar-refractivity contribution in [2.24, 2.45) is 5.92 Å². The molecule has 1 aromatic heterocycles. The minimum atomic E-state index is -0.994. The van der Waals surface area contributed by atoms with Crippen LogP contribution in [0.15, 0.2) is 17.5 Å². The Morgan fingerprint density at radius 2 is 2.15 bits per heavy atom. The molecule has 0 aromatic carbocycles. The van der Waals surface area contributed by atoms with E-state index < -0.39 is 5.97 Å². The van der Waals surface area contributed by atoms with Gasteiger partial charge in [0.25, 0.3) is 5.91 Å². The summed E-state index contributed by atoms with van der Waals surface area (Å²) in [5, 5.41) is 13.3. The lowest BCUT2D eigenvalue weighted by molar-refractivity contribution is -0.131. The van der Waals surface area contributed by atoms with Crippen LogP contribution in [0.25, 0.3) is 6.08 Å². The number of rotatable bonds is 7. The number of carbonyl (C=O) groups is 2. The zero-order valence-corrected chi connectivity index (χ0v) is 12.9. The van der Waals surface area contributed by atoms with Gasteiger partial charge in [-0.2, -0.15) is 0 Å². The predicted molar refractivity (Wildman–Crippen MR) is 82.0 cm³/mol. The zero-order chi connectivity index (χ0) is 15.1. The minimum absolute atomic E-state index is 0.105. The molecule has 0 fully saturated rings. The highest BCUT2D eigenvalue weighted by Crippen LogP contribution is 2.17. The summed E-state index contributed by atoms with van der Waals surface area (Å²) in [6.45, 7) is 6.31. The van der Waals surface area contributed by atoms with Gasteiger partial charge in [-0.05, 0) is 31.4 Å². The average Bonchev–Trinajstić information content (AvgIpc) is 2.84. The van der Waals surface area contributed by atoms with Gasteiger partial charge in [-0.25, -0.2) is 4.79 Å². The van der Waals surface area contributed by atoms with Crippen LogP contribution in [0.4, 0.5) is 0 Å². The molecule has 0 aliphatic rings. The number of carboxylic acids is 1. The standard InChI is InChI=1S/C15H21NO3S/c1-4-10(2)7-11(3)16-15(19)12-8-13(20-9-12)5-6-14(17)18/h5-6,8-11H,4,7H2,1-3H3,(H,16,19)(H,17,18). The van der Waals surface area contributed by atoms with E-state index in [9.17, 15) is 9.59 Å². The predicted octanol–water partition coefficient (Wildman–Crippen LogP) is 3.40. The second-order valence-corrected chi connectivity index (χ2v) is 5.98. The lowest BCUT2D eigenvalue weighted by Crippen LogP contribution is -2.33. The van der Waals surface area contributed by atoms with E-state index in [-0.39, 0.29) is 11.9 Å². The van der Waals surface area contributed by atoms with Crippen LogP contribution in [0.3, 0.4) is 0 Å². The molecule has 0 saturated carbocycles. The van der Waals surface area contributed by atoms with Crippen molar-refractivity contribution in [2.45, 2.75) is 39.7 Å². The maximum atomic E-state index is 12.0. The fraction of sp³-hybridized carbons (Fsp3) is 0.467. The lowest BCUT2D eigenvalue weighted by atomic mass is 10.0. The van der Waals surface area contributed by atoms with Crippen LogP contribution < -0.4 is 5.32 Å². The van der Waals surface area contributed by atoms with Gasteiger partial charge in [-0.1, -0.05) is 20.3 Å². The van der Waals surface area contributed by atoms with Gasteiger partial charge in [0, 0.05) is 22.4 Å². The number of amides is 1. The third-order valence-corrected chi connectivity index (χ3v) is 4.00. The minimum Gasteiger partial charge on any atom is -0.478 e. The molecule has 0 radical (unpaired) electrons. The normalized spacial score (nSPS) is 14.2. The van der Waals surface area contributed by atoms with Crippen LogP contribution in [0, 0.1) is 5.92 Å². The fourth-order valence-corrected chi connectivity index (χ4v) is 2.63. The summed E-state index contributed by atoms with van der Waals surface area (Å²) in [4.78, 5) is 23.2. The van der Waals surface area contributed by atoms with E-state index >= 15 is 0 Å². The second kappa shape index (κ2) is 7.85. The summed E-state index contributed by atoms with van der Waals surface area (Å²) >= 11 is 1.35. The highest BCUT2D eigenvalue weighted by molar-refractivity contribution is 7.11. The van der Waals surface area contributed by atoms with Crippen molar-refractivity contribution >= 4 is 29.3 Å². The Kier molecular flexibility index (Phi) is 6.45. The molecular weight excluding hydrogens is 274 g/mol. The van der Waals surface area contributed by atoms with Crippen molar-refractivity contribution in [3.63, 3.8) is 0 Å². The van der Waals surface area contributed by atoms with Crippen molar-refractivity contribution in [2.75, 3.05) is 0 Å². The Morgan fingerprint density at radius 3 is 2.75 bits per heavy atom. The maximum absolute atomic E-state index is 12.0. The summed E-state index contributed by atoms with van der Waals surface area (Å²) in [6, 6.07) is 1.84. The first kappa shape index (κ1) is 16.4. The van der Waals surface area contributed by atoms with Gasteiger partial charge in [0.1, 0.15) is 0 Å². The Labute approximate surface area is 123 Å². The quantitative estimate of drug-likeness (QED) is 0.758. The molecule has 2 unspecified atom stereocenters. The van der Waals surface area contributed by atoms with Crippen LogP contribution in [-0.4, -0.2) is 23.0 Å². The number of carbonyl (C=O) groups excluding carboxylic acids is 1. The summed E-state index contributed by atoms with van der Waals surface area (Å²) in [5.41, 5.74) is 0.580. The molecule has 20 heavy (non-hydrogen) atoms. The molecule has 1 amide bonds. The number of hydrogen-bond donors (Lipinski definition) is 2. The van der Waals surface area contributed by atoms with E-state index in [2.05, 4.69) is 19.2 Å². The molecule has 4 nitrogen and oxygen atoms in total. The molecule has 2 atom stereocenters. The van der Waals surface area contributed by atoms with Crippen molar-refractivity contribution in [3.8, 4) is 0 Å². The first-order valence-corrected chi connectivity index (χ1v) is 7.60. The Morgan fingerprint density at radius 1 is 1.45 bits per heavy atom. The van der Waals surface area contributed by atoms with E-state index in [1.165, 1.54) is 17.4 Å². The van der Waals surface area contributed by atoms with Crippen molar-refractivity contribution in [3.05, 3.63) is 28.0 Å². The zero-order valence-electron chi connectivity index (χ0n) is 12.1. The third kappa shape index (κ3) is 5.57. The summed E-state index contributed by atoms with van der Waals surface area (Å²) in [5.74, 6) is -0.513. The van der Waals surface area contributed by atoms with Gasteiger partial charge in [0.15, 0.2) is 0 Å². The summed E-state index contributed by atoms with van der Waals surface area (Å²) in [7, 11) is 0. The number of aliphatic carboxylic acids is 1. The van der Waals surface area contributed by atoms with Crippen LogP contribution in [-0.2, 0) is 4.79 Å². The highest BCUT2D eigenvalue weighted by Gasteiger charge is 2.13. The van der Waals surface area contributed by atoms with Gasteiger partial charge < -0.3 is 10.4 Å². The molecule has 0 aliphatic heterocycles. The Balaban J connectivity index is 2.58. The van der Waals surface area contributed by atoms with Gasteiger partial charge >= 0.3 is 5.97 Å². The second-order valence-electron chi connectivity index (χ2n) is 5.03. The van der Waals surface area contributed by atoms with Gasteiger partial charge in [-0.3, -0.25) is 4.79 Å². The number of thiophene rings is 1. The highest BCUT2D eigenvalue weighted by atomic mass is 32.1. The van der Waals surface area contributed by atoms with Crippen molar-refractivity contribution in [1.29, 1.82) is 0 Å². The van der Waals surface area contributed by atoms with Crippen LogP contribution in [0.1, 0.15) is 48.8 Å². The number of hydrogen-bond acceptors (Lipinski definition) is 3. The first-order chi connectivity index (χ1) is 9.42. The lowest BCUT2D eigenvalue weighted by Gasteiger charge is -2.17. The monoisotopic (exact) mass is 295 g/mol. The average molecular weight is 295 g/mol. The van der Waals surface area contributed by atoms with E-state index in [0.717, 1.165) is 23.8 Å². The summed E-state index contributed by atoms with van der Waals surface area (Å²) in [6.07, 6.45) is 4.62. The third-order valence-electron chi connectivity index (χ3n) is 3.10. The molecule has 0 spiro atoms. The number of nitrogens with one attached hydrogen (secondary N) is 1. The van der Waals surface area contributed by atoms with Crippen LogP contribution in [0.2, 0.25) is 0 Å². The summed E-state index contributed by atoms with van der Waals surface area (Å²) < 4.78 is 0. The SMILES string of the molecule is CCC(C)CC(C)NC(=O)c1csc(C=CC(=O)O)c1. The van der Waals surface area contributed by atoms with E-state index in [0.29, 0.717) is 11.5 Å². The smallest absolute Gasteiger partial charge is 0.328 e. The molecule has 110 valence electrons. The largest absolute Gasteiger partial charge is 0.478 e. The first-order valence-electron chi connectivity index (χ1n) is 6.72. The van der Waals surface area contributed by atoms with E-state index in [4.69, 9.17) is 5.11 Å². The molecule has 1 aromatic rings. The number of carboxylic acid groups (broad SMARTS) is 1. The molecule has 2 N–H and O–H groups in total. The van der Waals surface area contributed by atoms with Crippen LogP contribution >= 0.6 is 11.3 Å². The molecule has 5 heteroatoms. The van der Waals surface area contributed by atoms with Gasteiger partial charge in [-0.15, -0.1) is 11.3 Å². The molecule has 0 saturated heterocycles. The maximum Gasteiger partial charge on any atom is 0.328 e.